The fourth-order valence-electron chi connectivity index (χ4n) is 2.92. The molecule has 1 aromatic heterocycles. The number of rotatable bonds is 3. The van der Waals surface area contributed by atoms with Gasteiger partial charge in [0.1, 0.15) is 6.07 Å². The number of benzene rings is 3. The summed E-state index contributed by atoms with van der Waals surface area (Å²) in [5.41, 5.74) is 3.23. The minimum Gasteiger partial charge on any atom is -0.215 e. The van der Waals surface area contributed by atoms with Gasteiger partial charge in [-0.1, -0.05) is 71.9 Å². The summed E-state index contributed by atoms with van der Waals surface area (Å²) in [6.07, 6.45) is 0.611. The Morgan fingerprint density at radius 2 is 1.62 bits per heavy atom. The summed E-state index contributed by atoms with van der Waals surface area (Å²) in [7, 11) is 0. The fourth-order valence-corrected chi connectivity index (χ4v) is 2.92. The van der Waals surface area contributed by atoms with Crippen molar-refractivity contribution < 1.29 is 0 Å². The van der Waals surface area contributed by atoms with Crippen molar-refractivity contribution in [1.29, 1.82) is 5.26 Å². The molecule has 0 atom stereocenters. The highest BCUT2D eigenvalue weighted by molar-refractivity contribution is 5.90. The van der Waals surface area contributed by atoms with Crippen molar-refractivity contribution in [3.05, 3.63) is 89.7 Å². The molecule has 3 aromatic carbocycles. The standard InChI is InChI=1S/C20H14N4/c21-14-18-20(13-15-7-2-1-3-8-15)24(23-22-18)19-12-6-10-16-9-4-5-11-17(16)19/h1-12H,13H2. The van der Waals surface area contributed by atoms with Crippen LogP contribution in [0.4, 0.5) is 0 Å². The van der Waals surface area contributed by atoms with Gasteiger partial charge in [-0.25, -0.2) is 4.68 Å². The van der Waals surface area contributed by atoms with Crippen LogP contribution in [0, 0.1) is 11.3 Å². The van der Waals surface area contributed by atoms with Gasteiger partial charge in [-0.15, -0.1) is 5.10 Å². The Morgan fingerprint density at radius 3 is 2.46 bits per heavy atom. The Kier molecular flexibility index (Phi) is 3.53. The average molecular weight is 310 g/mol. The summed E-state index contributed by atoms with van der Waals surface area (Å²) in [5, 5.41) is 19.9. The molecule has 0 saturated heterocycles. The third kappa shape index (κ3) is 2.42. The van der Waals surface area contributed by atoms with Gasteiger partial charge in [0.25, 0.3) is 0 Å². The summed E-state index contributed by atoms with van der Waals surface area (Å²) in [6.45, 7) is 0. The van der Waals surface area contributed by atoms with Gasteiger partial charge in [-0.05, 0) is 17.0 Å². The largest absolute Gasteiger partial charge is 0.215 e. The smallest absolute Gasteiger partial charge is 0.186 e. The highest BCUT2D eigenvalue weighted by Gasteiger charge is 2.16. The summed E-state index contributed by atoms with van der Waals surface area (Å²) in [4.78, 5) is 0. The van der Waals surface area contributed by atoms with E-state index in [9.17, 15) is 5.26 Å². The van der Waals surface area contributed by atoms with Gasteiger partial charge in [-0.2, -0.15) is 5.26 Å². The van der Waals surface area contributed by atoms with Crippen LogP contribution in [0.5, 0.6) is 0 Å². The van der Waals surface area contributed by atoms with E-state index < -0.39 is 0 Å². The molecular formula is C20H14N4. The highest BCUT2D eigenvalue weighted by atomic mass is 15.4. The van der Waals surface area contributed by atoms with Crippen molar-refractivity contribution in [2.24, 2.45) is 0 Å². The van der Waals surface area contributed by atoms with E-state index in [0.717, 1.165) is 27.7 Å². The second kappa shape index (κ2) is 5.98. The fraction of sp³-hybridized carbons (Fsp3) is 0.0500. The van der Waals surface area contributed by atoms with Crippen molar-refractivity contribution in [3.63, 3.8) is 0 Å². The van der Waals surface area contributed by atoms with Crippen LogP contribution in [-0.4, -0.2) is 15.0 Å². The molecule has 24 heavy (non-hydrogen) atoms. The van der Waals surface area contributed by atoms with Crippen LogP contribution < -0.4 is 0 Å². The lowest BCUT2D eigenvalue weighted by molar-refractivity contribution is 0.777. The van der Waals surface area contributed by atoms with Gasteiger partial charge in [-0.3, -0.25) is 0 Å². The maximum atomic E-state index is 9.40. The van der Waals surface area contributed by atoms with Crippen LogP contribution in [0.25, 0.3) is 16.5 Å². The summed E-state index contributed by atoms with van der Waals surface area (Å²) < 4.78 is 1.79. The molecule has 4 aromatic rings. The maximum Gasteiger partial charge on any atom is 0.186 e. The molecule has 4 heteroatoms. The van der Waals surface area contributed by atoms with Crippen LogP contribution in [0.3, 0.4) is 0 Å². The normalized spacial score (nSPS) is 10.6. The number of hydrogen-bond acceptors (Lipinski definition) is 3. The number of nitrogens with zero attached hydrogens (tertiary/aromatic N) is 4. The molecule has 0 radical (unpaired) electrons. The second-order valence-corrected chi connectivity index (χ2v) is 5.57. The van der Waals surface area contributed by atoms with Crippen molar-refractivity contribution in [2.45, 2.75) is 6.42 Å². The molecule has 0 aliphatic heterocycles. The topological polar surface area (TPSA) is 54.5 Å². The molecule has 0 unspecified atom stereocenters. The molecule has 1 heterocycles. The first-order chi connectivity index (χ1) is 11.9. The van der Waals surface area contributed by atoms with E-state index >= 15 is 0 Å². The molecule has 0 aliphatic rings. The third-order valence-electron chi connectivity index (χ3n) is 4.08. The molecule has 0 aliphatic carbocycles. The molecule has 0 bridgehead atoms. The van der Waals surface area contributed by atoms with Gasteiger partial charge >= 0.3 is 0 Å². The van der Waals surface area contributed by atoms with Crippen LogP contribution in [-0.2, 0) is 6.42 Å². The zero-order valence-corrected chi connectivity index (χ0v) is 12.9. The van der Waals surface area contributed by atoms with E-state index in [2.05, 4.69) is 34.6 Å². The number of nitriles is 1. The lowest BCUT2D eigenvalue weighted by Crippen LogP contribution is -2.05. The van der Waals surface area contributed by atoms with E-state index in [1.54, 1.807) is 4.68 Å². The van der Waals surface area contributed by atoms with Crippen LogP contribution in [0.1, 0.15) is 17.0 Å². The van der Waals surface area contributed by atoms with Gasteiger partial charge < -0.3 is 0 Å². The van der Waals surface area contributed by atoms with E-state index in [4.69, 9.17) is 0 Å². The zero-order chi connectivity index (χ0) is 16.4. The van der Waals surface area contributed by atoms with Crippen molar-refractivity contribution in [1.82, 2.24) is 15.0 Å². The first kappa shape index (κ1) is 14.2. The predicted octanol–water partition coefficient (Wildman–Crippen LogP) is 3.88. The minimum absolute atomic E-state index is 0.367. The molecular weight excluding hydrogens is 296 g/mol. The molecule has 0 fully saturated rings. The maximum absolute atomic E-state index is 9.40. The van der Waals surface area contributed by atoms with E-state index in [0.29, 0.717) is 12.1 Å². The van der Waals surface area contributed by atoms with E-state index in [-0.39, 0.29) is 0 Å². The van der Waals surface area contributed by atoms with E-state index in [1.165, 1.54) is 0 Å². The molecule has 0 N–H and O–H groups in total. The Hall–Kier alpha value is -3.45. The molecule has 4 nitrogen and oxygen atoms in total. The summed E-state index contributed by atoms with van der Waals surface area (Å²) in [5.74, 6) is 0. The first-order valence-electron chi connectivity index (χ1n) is 7.73. The Morgan fingerprint density at radius 1 is 0.875 bits per heavy atom. The lowest BCUT2D eigenvalue weighted by atomic mass is 10.1. The first-order valence-corrected chi connectivity index (χ1v) is 7.73. The van der Waals surface area contributed by atoms with Crippen LogP contribution in [0.15, 0.2) is 72.8 Å². The van der Waals surface area contributed by atoms with Crippen molar-refractivity contribution in [3.8, 4) is 11.8 Å². The van der Waals surface area contributed by atoms with Crippen molar-refractivity contribution in [2.75, 3.05) is 0 Å². The lowest BCUT2D eigenvalue weighted by Gasteiger charge is -2.10. The summed E-state index contributed by atoms with van der Waals surface area (Å²) in [6, 6.07) is 26.4. The molecule has 114 valence electrons. The number of fused-ring (bicyclic) bond motifs is 1. The number of hydrogen-bond donors (Lipinski definition) is 0. The van der Waals surface area contributed by atoms with E-state index in [1.807, 2.05) is 54.6 Å². The molecule has 4 rings (SSSR count). The highest BCUT2D eigenvalue weighted by Crippen LogP contribution is 2.24. The average Bonchev–Trinajstić information content (AvgIpc) is 3.04. The Bertz CT molecular complexity index is 1040. The van der Waals surface area contributed by atoms with Gasteiger partial charge in [0.2, 0.25) is 0 Å². The molecule has 0 spiro atoms. The van der Waals surface area contributed by atoms with Gasteiger partial charge in [0.05, 0.1) is 11.4 Å². The SMILES string of the molecule is N#Cc1nnn(-c2cccc3ccccc23)c1Cc1ccccc1. The third-order valence-corrected chi connectivity index (χ3v) is 4.08. The zero-order valence-electron chi connectivity index (χ0n) is 12.9. The monoisotopic (exact) mass is 310 g/mol. The predicted molar refractivity (Wildman–Crippen MR) is 92.8 cm³/mol. The number of aromatic nitrogens is 3. The second-order valence-electron chi connectivity index (χ2n) is 5.57. The Balaban J connectivity index is 1.90. The summed E-state index contributed by atoms with van der Waals surface area (Å²) >= 11 is 0. The van der Waals surface area contributed by atoms with Gasteiger partial charge in [0.15, 0.2) is 5.69 Å². The quantitative estimate of drug-likeness (QED) is 0.577. The Labute approximate surface area is 139 Å². The molecule has 0 amide bonds. The minimum atomic E-state index is 0.367. The van der Waals surface area contributed by atoms with Crippen molar-refractivity contribution >= 4 is 10.8 Å². The van der Waals surface area contributed by atoms with Gasteiger partial charge in [0, 0.05) is 11.8 Å². The van der Waals surface area contributed by atoms with Crippen LogP contribution in [0.2, 0.25) is 0 Å². The van der Waals surface area contributed by atoms with Crippen LogP contribution >= 0.6 is 0 Å². The molecule has 0 saturated carbocycles.